The van der Waals surface area contributed by atoms with E-state index < -0.39 is 0 Å². The molecule has 0 radical (unpaired) electrons. The van der Waals surface area contributed by atoms with Gasteiger partial charge in [0.15, 0.2) is 0 Å². The molecule has 2 heterocycles. The van der Waals surface area contributed by atoms with Crippen LogP contribution in [0.15, 0.2) is 53.3 Å². The summed E-state index contributed by atoms with van der Waals surface area (Å²) in [6.45, 7) is 3.79. The molecule has 0 aliphatic carbocycles. The largest absolute Gasteiger partial charge is 0.497 e. The lowest BCUT2D eigenvalue weighted by molar-refractivity contribution is -0.117. The standard InChI is InChI=1S/C20H20N4O3/c1-13(2)24-20(26)23-17-10-5-4-9-16(17)22(19(25)12-18(23)21-24)14-7-6-8-15(11-14)27-3/h4-11,13H,12H2,1-3H3. The molecule has 2 aromatic carbocycles. The van der Waals surface area contributed by atoms with Crippen LogP contribution in [0, 0.1) is 0 Å². The number of hydrogen-bond acceptors (Lipinski definition) is 4. The van der Waals surface area contributed by atoms with Crippen LogP contribution in [0.4, 0.5) is 11.4 Å². The van der Waals surface area contributed by atoms with Crippen LogP contribution in [0.2, 0.25) is 0 Å². The van der Waals surface area contributed by atoms with Crippen molar-refractivity contribution in [3.63, 3.8) is 0 Å². The minimum absolute atomic E-state index is 0.0286. The van der Waals surface area contributed by atoms with Crippen molar-refractivity contribution in [1.29, 1.82) is 0 Å². The lowest BCUT2D eigenvalue weighted by Gasteiger charge is -2.23. The molecule has 0 bridgehead atoms. The van der Waals surface area contributed by atoms with Gasteiger partial charge in [-0.2, -0.15) is 5.10 Å². The Morgan fingerprint density at radius 1 is 1.04 bits per heavy atom. The Kier molecular flexibility index (Phi) is 4.07. The molecule has 7 heteroatoms. The molecule has 1 aliphatic heterocycles. The highest BCUT2D eigenvalue weighted by molar-refractivity contribution is 6.04. The van der Waals surface area contributed by atoms with Crippen molar-refractivity contribution in [3.05, 3.63) is 64.8 Å². The Morgan fingerprint density at radius 2 is 1.78 bits per heavy atom. The van der Waals surface area contributed by atoms with E-state index in [2.05, 4.69) is 5.10 Å². The number of benzene rings is 2. The molecule has 7 nitrogen and oxygen atoms in total. The summed E-state index contributed by atoms with van der Waals surface area (Å²) in [5, 5.41) is 4.42. The van der Waals surface area contributed by atoms with E-state index in [4.69, 9.17) is 4.74 Å². The average molecular weight is 364 g/mol. The zero-order chi connectivity index (χ0) is 19.1. The fourth-order valence-corrected chi connectivity index (χ4v) is 3.34. The van der Waals surface area contributed by atoms with Crippen molar-refractivity contribution in [2.24, 2.45) is 0 Å². The predicted molar refractivity (Wildman–Crippen MR) is 102 cm³/mol. The maximum absolute atomic E-state index is 13.2. The van der Waals surface area contributed by atoms with E-state index in [0.717, 1.165) is 0 Å². The van der Waals surface area contributed by atoms with Gasteiger partial charge in [0.05, 0.1) is 36.6 Å². The third-order valence-electron chi connectivity index (χ3n) is 4.59. The average Bonchev–Trinajstić information content (AvgIpc) is 2.92. The molecule has 1 aliphatic rings. The normalized spacial score (nSPS) is 13.3. The fourth-order valence-electron chi connectivity index (χ4n) is 3.34. The number of methoxy groups -OCH3 is 1. The van der Waals surface area contributed by atoms with Gasteiger partial charge in [-0.25, -0.2) is 14.0 Å². The molecule has 3 aromatic rings. The second-order valence-corrected chi connectivity index (χ2v) is 6.67. The van der Waals surface area contributed by atoms with Gasteiger partial charge in [-0.1, -0.05) is 18.2 Å². The third kappa shape index (κ3) is 2.71. The number of carbonyl (C=O) groups excluding carboxylic acids is 1. The number of nitrogens with zero attached hydrogens (tertiary/aromatic N) is 4. The SMILES string of the molecule is COc1cccc(N2C(=O)Cc3nn(C(C)C)c(=O)n3-c3ccccc32)c1. The number of carbonyl (C=O) groups is 1. The molecular weight excluding hydrogens is 344 g/mol. The van der Waals surface area contributed by atoms with Crippen LogP contribution >= 0.6 is 0 Å². The summed E-state index contributed by atoms with van der Waals surface area (Å²) in [6, 6.07) is 14.6. The number of fused-ring (bicyclic) bond motifs is 3. The van der Waals surface area contributed by atoms with Gasteiger partial charge in [0.2, 0.25) is 5.91 Å². The zero-order valence-corrected chi connectivity index (χ0v) is 15.4. The molecule has 0 fully saturated rings. The highest BCUT2D eigenvalue weighted by Gasteiger charge is 2.30. The van der Waals surface area contributed by atoms with E-state index in [0.29, 0.717) is 28.6 Å². The number of rotatable bonds is 3. The summed E-state index contributed by atoms with van der Waals surface area (Å²) in [5.74, 6) is 0.939. The van der Waals surface area contributed by atoms with Crippen LogP contribution in [0.5, 0.6) is 5.75 Å². The molecule has 4 rings (SSSR count). The molecule has 0 saturated heterocycles. The van der Waals surface area contributed by atoms with Gasteiger partial charge in [0.25, 0.3) is 0 Å². The van der Waals surface area contributed by atoms with Crippen molar-refractivity contribution in [2.75, 3.05) is 12.0 Å². The number of para-hydroxylation sites is 2. The van der Waals surface area contributed by atoms with Gasteiger partial charge in [0.1, 0.15) is 11.6 Å². The van der Waals surface area contributed by atoms with Gasteiger partial charge >= 0.3 is 5.69 Å². The van der Waals surface area contributed by atoms with Gasteiger partial charge in [-0.05, 0) is 38.1 Å². The first-order valence-electron chi connectivity index (χ1n) is 8.78. The first-order valence-corrected chi connectivity index (χ1v) is 8.78. The van der Waals surface area contributed by atoms with E-state index in [9.17, 15) is 9.59 Å². The minimum atomic E-state index is -0.243. The minimum Gasteiger partial charge on any atom is -0.497 e. The Bertz CT molecular complexity index is 1080. The molecule has 27 heavy (non-hydrogen) atoms. The fraction of sp³-hybridized carbons (Fsp3) is 0.250. The summed E-state index contributed by atoms with van der Waals surface area (Å²) in [6.07, 6.45) is 0.0286. The van der Waals surface area contributed by atoms with E-state index in [1.54, 1.807) is 18.1 Å². The molecular formula is C20H20N4O3. The maximum Gasteiger partial charge on any atom is 0.350 e. The maximum atomic E-state index is 13.2. The first kappa shape index (κ1) is 17.1. The molecule has 1 amide bonds. The second-order valence-electron chi connectivity index (χ2n) is 6.67. The molecule has 0 atom stereocenters. The van der Waals surface area contributed by atoms with Crippen molar-refractivity contribution >= 4 is 17.3 Å². The van der Waals surface area contributed by atoms with Crippen LogP contribution in [-0.2, 0) is 11.2 Å². The monoisotopic (exact) mass is 364 g/mol. The quantitative estimate of drug-likeness (QED) is 0.717. The Balaban J connectivity index is 1.96. The first-order chi connectivity index (χ1) is 13.0. The number of amides is 1. The second kappa shape index (κ2) is 6.42. The number of anilines is 2. The molecule has 0 unspecified atom stereocenters. The van der Waals surface area contributed by atoms with Crippen molar-refractivity contribution < 1.29 is 9.53 Å². The lowest BCUT2D eigenvalue weighted by atomic mass is 10.2. The van der Waals surface area contributed by atoms with Crippen molar-refractivity contribution in [1.82, 2.24) is 14.3 Å². The van der Waals surface area contributed by atoms with Gasteiger partial charge in [0, 0.05) is 6.07 Å². The molecule has 138 valence electrons. The van der Waals surface area contributed by atoms with Gasteiger partial charge in [-0.15, -0.1) is 0 Å². The topological polar surface area (TPSA) is 69.4 Å². The predicted octanol–water partition coefficient (Wildman–Crippen LogP) is 2.84. The summed E-state index contributed by atoms with van der Waals surface area (Å²) >= 11 is 0. The van der Waals surface area contributed by atoms with Crippen LogP contribution in [0.3, 0.4) is 0 Å². The summed E-state index contributed by atoms with van der Waals surface area (Å²) in [7, 11) is 1.58. The Morgan fingerprint density at radius 3 is 2.48 bits per heavy atom. The Labute approximate surface area is 156 Å². The number of hydrogen-bond donors (Lipinski definition) is 0. The van der Waals surface area contributed by atoms with Crippen LogP contribution in [-0.4, -0.2) is 27.4 Å². The zero-order valence-electron chi connectivity index (χ0n) is 15.4. The van der Waals surface area contributed by atoms with Crippen molar-refractivity contribution in [2.45, 2.75) is 26.3 Å². The number of aromatic nitrogens is 3. The van der Waals surface area contributed by atoms with E-state index in [-0.39, 0.29) is 24.1 Å². The number of ether oxygens (including phenoxy) is 1. The lowest BCUT2D eigenvalue weighted by Crippen LogP contribution is -2.28. The molecule has 0 saturated carbocycles. The molecule has 0 spiro atoms. The third-order valence-corrected chi connectivity index (χ3v) is 4.59. The van der Waals surface area contributed by atoms with Gasteiger partial charge in [-0.3, -0.25) is 9.69 Å². The summed E-state index contributed by atoms with van der Waals surface area (Å²) in [4.78, 5) is 27.7. The van der Waals surface area contributed by atoms with E-state index in [1.807, 2.05) is 56.3 Å². The highest BCUT2D eigenvalue weighted by atomic mass is 16.5. The molecule has 0 N–H and O–H groups in total. The van der Waals surface area contributed by atoms with Crippen LogP contribution in [0.1, 0.15) is 25.7 Å². The van der Waals surface area contributed by atoms with Crippen LogP contribution < -0.4 is 15.3 Å². The van der Waals surface area contributed by atoms with Gasteiger partial charge < -0.3 is 4.74 Å². The van der Waals surface area contributed by atoms with Crippen molar-refractivity contribution in [3.8, 4) is 11.4 Å². The smallest absolute Gasteiger partial charge is 0.350 e. The highest BCUT2D eigenvalue weighted by Crippen LogP contribution is 2.35. The summed E-state index contributed by atoms with van der Waals surface area (Å²) in [5.41, 5.74) is 1.72. The van der Waals surface area contributed by atoms with E-state index in [1.165, 1.54) is 9.25 Å². The van der Waals surface area contributed by atoms with Crippen LogP contribution in [0.25, 0.3) is 5.69 Å². The summed E-state index contributed by atoms with van der Waals surface area (Å²) < 4.78 is 8.25. The Hall–Kier alpha value is -3.35. The van der Waals surface area contributed by atoms with E-state index >= 15 is 0 Å². The molecule has 1 aromatic heterocycles.